The van der Waals surface area contributed by atoms with Gasteiger partial charge in [0.15, 0.2) is 0 Å². The SMILES string of the molecule is Cc1nc(-c2ccc(C)c(S(=O)(=O)N3CCCC[C@@H]3C)c2)no1. The van der Waals surface area contributed by atoms with Gasteiger partial charge in [-0.1, -0.05) is 23.7 Å². The molecular formula is C16H21N3O3S. The van der Waals surface area contributed by atoms with Gasteiger partial charge < -0.3 is 4.52 Å². The molecule has 0 unspecified atom stereocenters. The van der Waals surface area contributed by atoms with Gasteiger partial charge in [-0.3, -0.25) is 0 Å². The van der Waals surface area contributed by atoms with Crippen LogP contribution in [0.2, 0.25) is 0 Å². The summed E-state index contributed by atoms with van der Waals surface area (Å²) in [5.41, 5.74) is 1.38. The lowest BCUT2D eigenvalue weighted by Gasteiger charge is -2.32. The molecule has 1 aromatic heterocycles. The van der Waals surface area contributed by atoms with Gasteiger partial charge in [0.25, 0.3) is 0 Å². The molecule has 0 bridgehead atoms. The maximum Gasteiger partial charge on any atom is 0.243 e. The van der Waals surface area contributed by atoms with Gasteiger partial charge in [0.05, 0.1) is 4.90 Å². The maximum absolute atomic E-state index is 13.1. The fraction of sp³-hybridized carbons (Fsp3) is 0.500. The average molecular weight is 335 g/mol. The van der Waals surface area contributed by atoms with E-state index in [0.717, 1.165) is 24.8 Å². The maximum atomic E-state index is 13.1. The van der Waals surface area contributed by atoms with Crippen LogP contribution in [-0.4, -0.2) is 35.5 Å². The lowest BCUT2D eigenvalue weighted by Crippen LogP contribution is -2.42. The van der Waals surface area contributed by atoms with E-state index in [-0.39, 0.29) is 6.04 Å². The average Bonchev–Trinajstić information content (AvgIpc) is 2.94. The quantitative estimate of drug-likeness (QED) is 0.862. The van der Waals surface area contributed by atoms with Crippen LogP contribution in [0.15, 0.2) is 27.6 Å². The summed E-state index contributed by atoms with van der Waals surface area (Å²) in [5.74, 6) is 0.861. The fourth-order valence-corrected chi connectivity index (χ4v) is 4.94. The molecule has 0 aliphatic carbocycles. The van der Waals surface area contributed by atoms with Crippen molar-refractivity contribution in [2.45, 2.75) is 51.0 Å². The second-order valence-corrected chi connectivity index (χ2v) is 7.94. The molecule has 2 heterocycles. The molecule has 1 saturated heterocycles. The van der Waals surface area contributed by atoms with Crippen molar-refractivity contribution in [2.75, 3.05) is 6.54 Å². The summed E-state index contributed by atoms with van der Waals surface area (Å²) >= 11 is 0. The van der Waals surface area contributed by atoms with E-state index in [1.807, 2.05) is 19.9 Å². The Balaban J connectivity index is 2.04. The third-order valence-electron chi connectivity index (χ3n) is 4.30. The van der Waals surface area contributed by atoms with Gasteiger partial charge in [0.2, 0.25) is 21.7 Å². The largest absolute Gasteiger partial charge is 0.339 e. The first-order valence-corrected chi connectivity index (χ1v) is 9.27. The highest BCUT2D eigenvalue weighted by molar-refractivity contribution is 7.89. The van der Waals surface area contributed by atoms with E-state index >= 15 is 0 Å². The molecule has 23 heavy (non-hydrogen) atoms. The summed E-state index contributed by atoms with van der Waals surface area (Å²) in [6.07, 6.45) is 2.89. The summed E-state index contributed by atoms with van der Waals surface area (Å²) < 4.78 is 32.7. The molecule has 124 valence electrons. The number of hydrogen-bond acceptors (Lipinski definition) is 5. The van der Waals surface area contributed by atoms with Gasteiger partial charge in [-0.05, 0) is 38.3 Å². The van der Waals surface area contributed by atoms with Crippen LogP contribution in [-0.2, 0) is 10.0 Å². The minimum absolute atomic E-state index is 0.0317. The highest BCUT2D eigenvalue weighted by Gasteiger charge is 2.32. The normalized spacial score (nSPS) is 19.9. The first-order valence-electron chi connectivity index (χ1n) is 7.83. The van der Waals surface area contributed by atoms with Crippen LogP contribution in [0.3, 0.4) is 0 Å². The highest BCUT2D eigenvalue weighted by Crippen LogP contribution is 2.29. The Morgan fingerprint density at radius 2 is 2.04 bits per heavy atom. The Morgan fingerprint density at radius 1 is 1.26 bits per heavy atom. The molecule has 1 aliphatic heterocycles. The number of aryl methyl sites for hydroxylation is 2. The first kappa shape index (κ1) is 16.1. The number of aromatic nitrogens is 2. The summed E-state index contributed by atoms with van der Waals surface area (Å²) in [6, 6.07) is 5.29. The monoisotopic (exact) mass is 335 g/mol. The molecule has 0 radical (unpaired) electrons. The zero-order valence-electron chi connectivity index (χ0n) is 13.6. The van der Waals surface area contributed by atoms with Gasteiger partial charge in [0.1, 0.15) is 0 Å². The molecule has 7 heteroatoms. The Kier molecular flexibility index (Phi) is 4.25. The van der Waals surface area contributed by atoms with Crippen molar-refractivity contribution in [3.8, 4) is 11.4 Å². The lowest BCUT2D eigenvalue weighted by atomic mass is 10.1. The molecule has 1 aromatic carbocycles. The summed E-state index contributed by atoms with van der Waals surface area (Å²) in [7, 11) is -3.52. The first-order chi connectivity index (χ1) is 10.9. The number of piperidine rings is 1. The van der Waals surface area contributed by atoms with Gasteiger partial charge in [0, 0.05) is 25.1 Å². The van der Waals surface area contributed by atoms with Gasteiger partial charge in [-0.25, -0.2) is 8.42 Å². The summed E-state index contributed by atoms with van der Waals surface area (Å²) in [4.78, 5) is 4.50. The molecule has 6 nitrogen and oxygen atoms in total. The molecular weight excluding hydrogens is 314 g/mol. The lowest BCUT2D eigenvalue weighted by molar-refractivity contribution is 0.268. The number of sulfonamides is 1. The third-order valence-corrected chi connectivity index (χ3v) is 6.46. The summed E-state index contributed by atoms with van der Waals surface area (Å²) in [5, 5.41) is 3.87. The Bertz CT molecular complexity index is 814. The molecule has 2 aromatic rings. The standard InChI is InChI=1S/C16H21N3O3S/c1-11-7-8-14(16-17-13(3)22-18-16)10-15(11)23(20,21)19-9-5-4-6-12(19)2/h7-8,10,12H,4-6,9H2,1-3H3/t12-/m0/s1. The van der Waals surface area contributed by atoms with Crippen molar-refractivity contribution in [2.24, 2.45) is 0 Å². The molecule has 3 rings (SSSR count). The van der Waals surface area contributed by atoms with Crippen molar-refractivity contribution in [1.82, 2.24) is 14.4 Å². The molecule has 1 aliphatic rings. The number of nitrogens with zero attached hydrogens (tertiary/aromatic N) is 3. The van der Waals surface area contributed by atoms with E-state index in [1.54, 1.807) is 23.4 Å². The molecule has 0 amide bonds. The predicted octanol–water partition coefficient (Wildman–Crippen LogP) is 2.92. The van der Waals surface area contributed by atoms with Gasteiger partial charge in [-0.15, -0.1) is 0 Å². The Morgan fingerprint density at radius 3 is 2.70 bits per heavy atom. The van der Waals surface area contributed by atoms with E-state index in [1.165, 1.54) is 0 Å². The molecule has 1 atom stereocenters. The number of hydrogen-bond donors (Lipinski definition) is 0. The van der Waals surface area contributed by atoms with E-state index in [9.17, 15) is 8.42 Å². The van der Waals surface area contributed by atoms with Gasteiger partial charge >= 0.3 is 0 Å². The van der Waals surface area contributed by atoms with Crippen molar-refractivity contribution >= 4 is 10.0 Å². The van der Waals surface area contributed by atoms with E-state index < -0.39 is 10.0 Å². The van der Waals surface area contributed by atoms with Crippen LogP contribution >= 0.6 is 0 Å². The van der Waals surface area contributed by atoms with Crippen LogP contribution in [0, 0.1) is 13.8 Å². The smallest absolute Gasteiger partial charge is 0.243 e. The molecule has 0 N–H and O–H groups in total. The minimum atomic E-state index is -3.52. The van der Waals surface area contributed by atoms with E-state index in [2.05, 4.69) is 10.1 Å². The molecule has 0 saturated carbocycles. The zero-order valence-corrected chi connectivity index (χ0v) is 14.4. The van der Waals surface area contributed by atoms with E-state index in [0.29, 0.717) is 28.7 Å². The van der Waals surface area contributed by atoms with Crippen LogP contribution in [0.4, 0.5) is 0 Å². The zero-order chi connectivity index (χ0) is 16.6. The van der Waals surface area contributed by atoms with Crippen molar-refractivity contribution in [3.63, 3.8) is 0 Å². The topological polar surface area (TPSA) is 76.3 Å². The second-order valence-electron chi connectivity index (χ2n) is 6.08. The summed E-state index contributed by atoms with van der Waals surface area (Å²) in [6.45, 7) is 6.07. The van der Waals surface area contributed by atoms with Crippen LogP contribution in [0.1, 0.15) is 37.6 Å². The van der Waals surface area contributed by atoms with Crippen molar-refractivity contribution < 1.29 is 12.9 Å². The van der Waals surface area contributed by atoms with Crippen LogP contribution in [0.25, 0.3) is 11.4 Å². The third kappa shape index (κ3) is 3.03. The van der Waals surface area contributed by atoms with Crippen LogP contribution in [0.5, 0.6) is 0 Å². The van der Waals surface area contributed by atoms with Gasteiger partial charge in [-0.2, -0.15) is 9.29 Å². The van der Waals surface area contributed by atoms with Crippen LogP contribution < -0.4 is 0 Å². The molecule has 0 spiro atoms. The van der Waals surface area contributed by atoms with E-state index in [4.69, 9.17) is 4.52 Å². The molecule has 1 fully saturated rings. The Hall–Kier alpha value is -1.73. The number of rotatable bonds is 3. The fourth-order valence-electron chi connectivity index (χ4n) is 2.99. The highest BCUT2D eigenvalue weighted by atomic mass is 32.2. The predicted molar refractivity (Wildman–Crippen MR) is 86.4 cm³/mol. The second kappa shape index (κ2) is 6.05. The number of benzene rings is 1. The Labute approximate surface area is 136 Å². The van der Waals surface area contributed by atoms with Crippen molar-refractivity contribution in [3.05, 3.63) is 29.7 Å². The minimum Gasteiger partial charge on any atom is -0.339 e. The van der Waals surface area contributed by atoms with Crippen molar-refractivity contribution in [1.29, 1.82) is 0 Å².